The Kier molecular flexibility index (Phi) is 9.10. The zero-order valence-corrected chi connectivity index (χ0v) is 17.8. The van der Waals surface area contributed by atoms with E-state index >= 15 is 0 Å². The van der Waals surface area contributed by atoms with Gasteiger partial charge in [-0.25, -0.2) is 4.99 Å². The van der Waals surface area contributed by atoms with E-state index in [0.717, 1.165) is 36.4 Å². The minimum absolute atomic E-state index is 0. The first kappa shape index (κ1) is 21.6. The van der Waals surface area contributed by atoms with Crippen molar-refractivity contribution in [3.05, 3.63) is 35.9 Å². The van der Waals surface area contributed by atoms with Gasteiger partial charge in [-0.3, -0.25) is 0 Å². The van der Waals surface area contributed by atoms with Gasteiger partial charge in [-0.2, -0.15) is 0 Å². The van der Waals surface area contributed by atoms with Crippen LogP contribution in [0.1, 0.15) is 30.9 Å². The number of hydrogen-bond donors (Lipinski definition) is 1. The summed E-state index contributed by atoms with van der Waals surface area (Å²) in [5.74, 6) is 2.77. The van der Waals surface area contributed by atoms with Crippen LogP contribution < -0.4 is 15.2 Å². The maximum Gasteiger partial charge on any atom is 0.191 e. The van der Waals surface area contributed by atoms with Crippen LogP contribution in [-0.4, -0.2) is 38.2 Å². The molecule has 1 fully saturated rings. The van der Waals surface area contributed by atoms with E-state index in [1.54, 1.807) is 14.2 Å². The van der Waals surface area contributed by atoms with Gasteiger partial charge in [-0.05, 0) is 42.9 Å². The van der Waals surface area contributed by atoms with Crippen LogP contribution in [0.2, 0.25) is 0 Å². The molecule has 1 aromatic carbocycles. The zero-order valence-electron chi connectivity index (χ0n) is 15.5. The van der Waals surface area contributed by atoms with Crippen molar-refractivity contribution in [1.29, 1.82) is 0 Å². The molecule has 2 N–H and O–H groups in total. The average molecular weight is 459 g/mol. The van der Waals surface area contributed by atoms with E-state index in [-0.39, 0.29) is 24.0 Å². The normalized spacial score (nSPS) is 17.6. The lowest BCUT2D eigenvalue weighted by atomic mass is 10.0. The summed E-state index contributed by atoms with van der Waals surface area (Å²) in [4.78, 5) is 6.76. The third kappa shape index (κ3) is 5.80. The molecule has 0 radical (unpaired) electrons. The number of benzene rings is 1. The lowest BCUT2D eigenvalue weighted by Gasteiger charge is -2.31. The van der Waals surface area contributed by atoms with Crippen LogP contribution >= 0.6 is 24.0 Å². The van der Waals surface area contributed by atoms with Gasteiger partial charge >= 0.3 is 0 Å². The fourth-order valence-electron chi connectivity index (χ4n) is 3.17. The van der Waals surface area contributed by atoms with Crippen molar-refractivity contribution < 1.29 is 9.47 Å². The number of methoxy groups -OCH3 is 2. The van der Waals surface area contributed by atoms with Crippen LogP contribution in [0.4, 0.5) is 0 Å². The Morgan fingerprint density at radius 2 is 2.16 bits per heavy atom. The van der Waals surface area contributed by atoms with E-state index in [1.807, 2.05) is 12.1 Å². The third-order valence-corrected chi connectivity index (χ3v) is 4.38. The first-order valence-corrected chi connectivity index (χ1v) is 8.48. The maximum atomic E-state index is 6.19. The number of nitrogens with zero attached hydrogens (tertiary/aromatic N) is 2. The van der Waals surface area contributed by atoms with Gasteiger partial charge in [0.1, 0.15) is 0 Å². The summed E-state index contributed by atoms with van der Waals surface area (Å²) in [5, 5.41) is 0. The van der Waals surface area contributed by atoms with Gasteiger partial charge in [-0.15, -0.1) is 30.6 Å². The summed E-state index contributed by atoms with van der Waals surface area (Å²) >= 11 is 0. The summed E-state index contributed by atoms with van der Waals surface area (Å²) in [6, 6.07) is 4.04. The van der Waals surface area contributed by atoms with Crippen molar-refractivity contribution in [2.75, 3.05) is 27.3 Å². The Morgan fingerprint density at radius 3 is 2.76 bits per heavy atom. The number of halogens is 1. The van der Waals surface area contributed by atoms with Crippen LogP contribution in [-0.2, 0) is 13.0 Å². The number of piperidine rings is 1. The zero-order chi connectivity index (χ0) is 17.5. The monoisotopic (exact) mass is 459 g/mol. The van der Waals surface area contributed by atoms with Crippen LogP contribution in [0.25, 0.3) is 0 Å². The average Bonchev–Trinajstić information content (AvgIpc) is 2.59. The van der Waals surface area contributed by atoms with Gasteiger partial charge < -0.3 is 20.1 Å². The molecule has 140 valence electrons. The highest BCUT2D eigenvalue weighted by atomic mass is 127. The Labute approximate surface area is 168 Å². The topological polar surface area (TPSA) is 60.1 Å². The standard InChI is InChI=1S/C19H29N3O2.HI/c1-5-7-16-10-15(11-17(23-3)18(16)24-4)12-21-19(20)22-9-6-8-14(2)13-22;/h5,10-11,14H,1,6-9,12-13H2,2-4H3,(H2,20,21);1H. The highest BCUT2D eigenvalue weighted by Crippen LogP contribution is 2.33. The molecule has 0 spiro atoms. The van der Waals surface area contributed by atoms with Gasteiger partial charge in [0.05, 0.1) is 20.8 Å². The molecule has 1 atom stereocenters. The molecule has 1 aliphatic heterocycles. The Balaban J connectivity index is 0.00000312. The van der Waals surface area contributed by atoms with Gasteiger partial charge in [0.15, 0.2) is 17.5 Å². The Bertz CT molecular complexity index is 605. The first-order chi connectivity index (χ1) is 11.6. The summed E-state index contributed by atoms with van der Waals surface area (Å²) < 4.78 is 10.9. The molecular formula is C19H30IN3O2. The van der Waals surface area contributed by atoms with Crippen molar-refractivity contribution in [2.45, 2.75) is 32.7 Å². The molecule has 0 aliphatic carbocycles. The fourth-order valence-corrected chi connectivity index (χ4v) is 3.17. The number of aliphatic imine (C=N–C) groups is 1. The minimum atomic E-state index is 0. The fraction of sp³-hybridized carbons (Fsp3) is 0.526. The second-order valence-corrected chi connectivity index (χ2v) is 6.35. The number of guanidine groups is 1. The van der Waals surface area contributed by atoms with Crippen molar-refractivity contribution >= 4 is 29.9 Å². The van der Waals surface area contributed by atoms with Gasteiger partial charge in [-0.1, -0.05) is 13.0 Å². The van der Waals surface area contributed by atoms with Crippen molar-refractivity contribution in [3.8, 4) is 11.5 Å². The molecule has 0 amide bonds. The summed E-state index contributed by atoms with van der Waals surface area (Å²) in [6.45, 7) is 8.58. The third-order valence-electron chi connectivity index (χ3n) is 4.38. The quantitative estimate of drug-likeness (QED) is 0.306. The lowest BCUT2D eigenvalue weighted by molar-refractivity contribution is 0.270. The summed E-state index contributed by atoms with van der Waals surface area (Å²) in [6.07, 6.45) is 5.02. The summed E-state index contributed by atoms with van der Waals surface area (Å²) in [5.41, 5.74) is 8.28. The van der Waals surface area contributed by atoms with Crippen LogP contribution in [0.5, 0.6) is 11.5 Å². The van der Waals surface area contributed by atoms with Crippen LogP contribution in [0.15, 0.2) is 29.8 Å². The molecule has 1 saturated heterocycles. The van der Waals surface area contributed by atoms with Crippen molar-refractivity contribution in [1.82, 2.24) is 4.90 Å². The van der Waals surface area contributed by atoms with Crippen LogP contribution in [0.3, 0.4) is 0 Å². The highest BCUT2D eigenvalue weighted by molar-refractivity contribution is 14.0. The molecule has 1 aliphatic rings. The number of rotatable bonds is 6. The number of ether oxygens (including phenoxy) is 2. The highest BCUT2D eigenvalue weighted by Gasteiger charge is 2.18. The van der Waals surface area contributed by atoms with E-state index in [2.05, 4.69) is 29.5 Å². The van der Waals surface area contributed by atoms with Crippen LogP contribution in [0, 0.1) is 5.92 Å². The molecule has 1 heterocycles. The molecule has 1 aromatic rings. The van der Waals surface area contributed by atoms with Gasteiger partial charge in [0.2, 0.25) is 0 Å². The van der Waals surface area contributed by atoms with Crippen molar-refractivity contribution in [2.24, 2.45) is 16.6 Å². The largest absolute Gasteiger partial charge is 0.493 e. The van der Waals surface area contributed by atoms with E-state index in [9.17, 15) is 0 Å². The SMILES string of the molecule is C=CCc1cc(CN=C(N)N2CCCC(C)C2)cc(OC)c1OC.I. The van der Waals surface area contributed by atoms with Gasteiger partial charge in [0, 0.05) is 18.7 Å². The van der Waals surface area contributed by atoms with E-state index < -0.39 is 0 Å². The minimum Gasteiger partial charge on any atom is -0.493 e. The number of nitrogens with two attached hydrogens (primary N) is 1. The molecule has 25 heavy (non-hydrogen) atoms. The molecule has 6 heteroatoms. The number of likely N-dealkylation sites (tertiary alicyclic amines) is 1. The van der Waals surface area contributed by atoms with Gasteiger partial charge in [0.25, 0.3) is 0 Å². The van der Waals surface area contributed by atoms with Crippen molar-refractivity contribution in [3.63, 3.8) is 0 Å². The predicted molar refractivity (Wildman–Crippen MR) is 114 cm³/mol. The molecular weight excluding hydrogens is 429 g/mol. The lowest BCUT2D eigenvalue weighted by Crippen LogP contribution is -2.43. The molecule has 2 rings (SSSR count). The Morgan fingerprint density at radius 1 is 1.40 bits per heavy atom. The molecule has 1 unspecified atom stereocenters. The molecule has 5 nitrogen and oxygen atoms in total. The maximum absolute atomic E-state index is 6.19. The smallest absolute Gasteiger partial charge is 0.191 e. The molecule has 0 saturated carbocycles. The number of allylic oxidation sites excluding steroid dienone is 1. The molecule has 0 aromatic heterocycles. The predicted octanol–water partition coefficient (Wildman–Crippen LogP) is 3.60. The summed E-state index contributed by atoms with van der Waals surface area (Å²) in [7, 11) is 3.30. The first-order valence-electron chi connectivity index (χ1n) is 8.48. The van der Waals surface area contributed by atoms with E-state index in [4.69, 9.17) is 15.2 Å². The van der Waals surface area contributed by atoms with E-state index in [1.165, 1.54) is 12.8 Å². The second kappa shape index (κ2) is 10.5. The number of hydrogen-bond acceptors (Lipinski definition) is 3. The second-order valence-electron chi connectivity index (χ2n) is 6.35. The van der Waals surface area contributed by atoms with E-state index in [0.29, 0.717) is 24.2 Å². The Hall–Kier alpha value is -1.44. The molecule has 0 bridgehead atoms.